The normalized spacial score (nSPS) is 9.92. The molecule has 0 rings (SSSR count). The maximum atomic E-state index is 5.31. The minimum atomic E-state index is 0.464. The Bertz CT molecular complexity index is 126. The predicted octanol–water partition coefficient (Wildman–Crippen LogP) is 2.89. The average molecular weight is 184 g/mol. The molecule has 0 fully saturated rings. The second kappa shape index (κ2) is 9.43. The van der Waals surface area contributed by atoms with E-state index in [9.17, 15) is 0 Å². The monoisotopic (exact) mass is 184 g/mol. The molecule has 78 valence electrons. The SMILES string of the molecule is CCCCCCCCCC=C(N)N. The highest BCUT2D eigenvalue weighted by molar-refractivity contribution is 4.89. The second-order valence-electron chi connectivity index (χ2n) is 3.61. The Morgan fingerprint density at radius 3 is 2.00 bits per heavy atom. The van der Waals surface area contributed by atoms with E-state index in [0.717, 1.165) is 6.42 Å². The standard InChI is InChI=1S/C11H24N2/c1-2-3-4-5-6-7-8-9-10-11(12)13/h10H,2-9,12-13H2,1H3. The molecule has 0 radical (unpaired) electrons. The van der Waals surface area contributed by atoms with Gasteiger partial charge in [0.25, 0.3) is 0 Å². The van der Waals surface area contributed by atoms with Gasteiger partial charge in [-0.2, -0.15) is 0 Å². The van der Waals surface area contributed by atoms with E-state index in [1.54, 1.807) is 0 Å². The fourth-order valence-electron chi connectivity index (χ4n) is 1.37. The molecule has 0 saturated carbocycles. The maximum Gasteiger partial charge on any atom is 0.0892 e. The summed E-state index contributed by atoms with van der Waals surface area (Å²) in [5.74, 6) is 0.464. The van der Waals surface area contributed by atoms with E-state index < -0.39 is 0 Å². The first-order valence-corrected chi connectivity index (χ1v) is 5.48. The lowest BCUT2D eigenvalue weighted by atomic mass is 10.1. The quantitative estimate of drug-likeness (QED) is 0.570. The van der Waals surface area contributed by atoms with Crippen LogP contribution >= 0.6 is 0 Å². The van der Waals surface area contributed by atoms with Crippen LogP contribution < -0.4 is 11.5 Å². The molecule has 0 aliphatic carbocycles. The lowest BCUT2D eigenvalue weighted by Gasteiger charge is -1.99. The van der Waals surface area contributed by atoms with Crippen LogP contribution in [-0.2, 0) is 0 Å². The Morgan fingerprint density at radius 1 is 0.923 bits per heavy atom. The molecule has 0 aliphatic rings. The third-order valence-electron chi connectivity index (χ3n) is 2.19. The highest BCUT2D eigenvalue weighted by Crippen LogP contribution is 2.08. The molecule has 0 amide bonds. The van der Waals surface area contributed by atoms with E-state index in [4.69, 9.17) is 11.5 Å². The number of nitrogens with two attached hydrogens (primary N) is 2. The first-order chi connectivity index (χ1) is 6.27. The molecule has 2 heteroatoms. The van der Waals surface area contributed by atoms with Crippen molar-refractivity contribution in [3.8, 4) is 0 Å². The van der Waals surface area contributed by atoms with Crippen molar-refractivity contribution in [1.29, 1.82) is 0 Å². The number of hydrogen-bond donors (Lipinski definition) is 2. The van der Waals surface area contributed by atoms with Crippen LogP contribution in [-0.4, -0.2) is 0 Å². The van der Waals surface area contributed by atoms with Crippen molar-refractivity contribution in [2.24, 2.45) is 11.5 Å². The van der Waals surface area contributed by atoms with Gasteiger partial charge in [0.1, 0.15) is 0 Å². The van der Waals surface area contributed by atoms with Gasteiger partial charge in [0.15, 0.2) is 0 Å². The van der Waals surface area contributed by atoms with Crippen LogP contribution in [0, 0.1) is 0 Å². The molecule has 0 heterocycles. The molecule has 0 aromatic carbocycles. The number of rotatable bonds is 8. The van der Waals surface area contributed by atoms with Crippen molar-refractivity contribution in [1.82, 2.24) is 0 Å². The Labute approximate surface area is 82.4 Å². The fourth-order valence-corrected chi connectivity index (χ4v) is 1.37. The summed E-state index contributed by atoms with van der Waals surface area (Å²) in [4.78, 5) is 0. The zero-order valence-electron chi connectivity index (χ0n) is 8.89. The van der Waals surface area contributed by atoms with Gasteiger partial charge in [-0.25, -0.2) is 0 Å². The molecule has 0 unspecified atom stereocenters. The Hall–Kier alpha value is -0.660. The molecule has 0 saturated heterocycles. The van der Waals surface area contributed by atoms with Crippen molar-refractivity contribution in [2.75, 3.05) is 0 Å². The van der Waals surface area contributed by atoms with Crippen LogP contribution in [0.5, 0.6) is 0 Å². The van der Waals surface area contributed by atoms with Crippen molar-refractivity contribution < 1.29 is 0 Å². The van der Waals surface area contributed by atoms with Gasteiger partial charge < -0.3 is 11.5 Å². The first-order valence-electron chi connectivity index (χ1n) is 5.48. The van der Waals surface area contributed by atoms with Crippen molar-refractivity contribution in [3.63, 3.8) is 0 Å². The van der Waals surface area contributed by atoms with Gasteiger partial charge in [0.05, 0.1) is 5.82 Å². The van der Waals surface area contributed by atoms with E-state index >= 15 is 0 Å². The molecule has 0 aromatic heterocycles. The van der Waals surface area contributed by atoms with Gasteiger partial charge in [-0.05, 0) is 18.9 Å². The van der Waals surface area contributed by atoms with Gasteiger partial charge in [-0.1, -0.05) is 45.4 Å². The maximum absolute atomic E-state index is 5.31. The smallest absolute Gasteiger partial charge is 0.0892 e. The zero-order valence-corrected chi connectivity index (χ0v) is 8.89. The molecule has 0 aliphatic heterocycles. The summed E-state index contributed by atoms with van der Waals surface area (Å²) in [5, 5.41) is 0. The summed E-state index contributed by atoms with van der Waals surface area (Å²) < 4.78 is 0. The van der Waals surface area contributed by atoms with Crippen molar-refractivity contribution in [2.45, 2.75) is 58.3 Å². The summed E-state index contributed by atoms with van der Waals surface area (Å²) in [6.45, 7) is 2.24. The van der Waals surface area contributed by atoms with Crippen LogP contribution in [0.25, 0.3) is 0 Å². The van der Waals surface area contributed by atoms with E-state index in [0.29, 0.717) is 5.82 Å². The fraction of sp³-hybridized carbons (Fsp3) is 0.818. The van der Waals surface area contributed by atoms with Crippen LogP contribution in [0.4, 0.5) is 0 Å². The number of unbranched alkanes of at least 4 members (excludes halogenated alkanes) is 7. The first kappa shape index (κ1) is 12.3. The minimum Gasteiger partial charge on any atom is -0.386 e. The lowest BCUT2D eigenvalue weighted by molar-refractivity contribution is 0.591. The van der Waals surface area contributed by atoms with E-state index in [1.807, 2.05) is 6.08 Å². The summed E-state index contributed by atoms with van der Waals surface area (Å²) >= 11 is 0. The van der Waals surface area contributed by atoms with E-state index in [-0.39, 0.29) is 0 Å². The molecule has 4 N–H and O–H groups in total. The molecule has 0 spiro atoms. The lowest BCUT2D eigenvalue weighted by Crippen LogP contribution is -2.07. The molecule has 0 bridgehead atoms. The number of allylic oxidation sites excluding steroid dienone is 1. The highest BCUT2D eigenvalue weighted by Gasteiger charge is 1.89. The van der Waals surface area contributed by atoms with Crippen LogP contribution in [0.1, 0.15) is 58.3 Å². The van der Waals surface area contributed by atoms with Gasteiger partial charge >= 0.3 is 0 Å². The summed E-state index contributed by atoms with van der Waals surface area (Å²) in [7, 11) is 0. The molecule has 0 atom stereocenters. The van der Waals surface area contributed by atoms with Gasteiger partial charge in [-0.3, -0.25) is 0 Å². The van der Waals surface area contributed by atoms with Crippen molar-refractivity contribution >= 4 is 0 Å². The van der Waals surface area contributed by atoms with E-state index in [1.165, 1.54) is 44.9 Å². The topological polar surface area (TPSA) is 52.0 Å². The average Bonchev–Trinajstić information content (AvgIpc) is 2.09. The zero-order chi connectivity index (χ0) is 9.94. The summed E-state index contributed by atoms with van der Waals surface area (Å²) in [5.41, 5.74) is 10.6. The highest BCUT2D eigenvalue weighted by atomic mass is 14.8. The van der Waals surface area contributed by atoms with Crippen LogP contribution in [0.15, 0.2) is 11.9 Å². The third kappa shape index (κ3) is 11.3. The molecule has 0 aromatic rings. The molecular weight excluding hydrogens is 160 g/mol. The third-order valence-corrected chi connectivity index (χ3v) is 2.19. The Balaban J connectivity index is 2.96. The van der Waals surface area contributed by atoms with Gasteiger partial charge in [0.2, 0.25) is 0 Å². The Kier molecular flexibility index (Phi) is 8.95. The van der Waals surface area contributed by atoms with Crippen molar-refractivity contribution in [3.05, 3.63) is 11.9 Å². The number of hydrogen-bond acceptors (Lipinski definition) is 2. The van der Waals surface area contributed by atoms with Crippen LogP contribution in [0.3, 0.4) is 0 Å². The minimum absolute atomic E-state index is 0.464. The Morgan fingerprint density at radius 2 is 1.46 bits per heavy atom. The van der Waals surface area contributed by atoms with E-state index in [2.05, 4.69) is 6.92 Å². The largest absolute Gasteiger partial charge is 0.386 e. The van der Waals surface area contributed by atoms with Crippen LogP contribution in [0.2, 0.25) is 0 Å². The molecule has 13 heavy (non-hydrogen) atoms. The summed E-state index contributed by atoms with van der Waals surface area (Å²) in [6.07, 6.45) is 12.3. The molecular formula is C11H24N2. The summed E-state index contributed by atoms with van der Waals surface area (Å²) in [6, 6.07) is 0. The molecule has 2 nitrogen and oxygen atoms in total. The van der Waals surface area contributed by atoms with Gasteiger partial charge in [-0.15, -0.1) is 0 Å². The van der Waals surface area contributed by atoms with Gasteiger partial charge in [0, 0.05) is 0 Å². The second-order valence-corrected chi connectivity index (χ2v) is 3.61. The predicted molar refractivity (Wildman–Crippen MR) is 59.1 cm³/mol.